The van der Waals surface area contributed by atoms with Gasteiger partial charge in [-0.05, 0) is 56.0 Å². The molecule has 0 radical (unpaired) electrons. The molecule has 2 unspecified atom stereocenters. The third-order valence-electron chi connectivity index (χ3n) is 3.76. The average molecular weight is 219 g/mol. The molecule has 0 bridgehead atoms. The first-order chi connectivity index (χ1) is 7.66. The van der Waals surface area contributed by atoms with E-state index in [9.17, 15) is 5.11 Å². The van der Waals surface area contributed by atoms with Gasteiger partial charge in [-0.1, -0.05) is 19.1 Å². The van der Waals surface area contributed by atoms with E-state index < -0.39 is 0 Å². The Kier molecular flexibility index (Phi) is 3.49. The highest BCUT2D eigenvalue weighted by molar-refractivity contribution is 5.29. The third-order valence-corrected chi connectivity index (χ3v) is 3.76. The molecule has 2 heteroatoms. The summed E-state index contributed by atoms with van der Waals surface area (Å²) in [5, 5.41) is 9.50. The molecular formula is C14H21NO. The van der Waals surface area contributed by atoms with Gasteiger partial charge in [-0.2, -0.15) is 0 Å². The summed E-state index contributed by atoms with van der Waals surface area (Å²) in [6, 6.07) is 7.70. The van der Waals surface area contributed by atoms with Crippen molar-refractivity contribution in [2.45, 2.75) is 25.7 Å². The van der Waals surface area contributed by atoms with Crippen LogP contribution in [0.25, 0.3) is 0 Å². The minimum absolute atomic E-state index is 0.383. The predicted octanol–water partition coefficient (Wildman–Crippen LogP) is 2.84. The molecular weight excluding hydrogens is 198 g/mol. The summed E-state index contributed by atoms with van der Waals surface area (Å²) >= 11 is 0. The van der Waals surface area contributed by atoms with Crippen LogP contribution < -0.4 is 0 Å². The van der Waals surface area contributed by atoms with Crippen molar-refractivity contribution < 1.29 is 5.11 Å². The summed E-state index contributed by atoms with van der Waals surface area (Å²) in [7, 11) is 2.20. The van der Waals surface area contributed by atoms with Crippen molar-refractivity contribution in [1.82, 2.24) is 4.90 Å². The molecule has 1 heterocycles. The van der Waals surface area contributed by atoms with Crippen LogP contribution in [0.2, 0.25) is 0 Å². The number of aromatic hydroxyl groups is 1. The third kappa shape index (κ3) is 2.56. The standard InChI is InChI=1S/C14H21NO/c1-11(12-5-3-7-14(16)9-12)13-6-4-8-15(2)10-13/h3,5,7,9,11,13,16H,4,6,8,10H2,1-2H3. The highest BCUT2D eigenvalue weighted by Crippen LogP contribution is 2.32. The SMILES string of the molecule is CC(c1cccc(O)c1)C1CCCN(C)C1. The first-order valence-corrected chi connectivity index (χ1v) is 6.14. The van der Waals surface area contributed by atoms with E-state index in [4.69, 9.17) is 0 Å². The van der Waals surface area contributed by atoms with Crippen LogP contribution in [0.5, 0.6) is 5.75 Å². The van der Waals surface area contributed by atoms with Crippen molar-refractivity contribution >= 4 is 0 Å². The summed E-state index contributed by atoms with van der Waals surface area (Å²) in [4.78, 5) is 2.41. The van der Waals surface area contributed by atoms with Crippen LogP contribution in [0.3, 0.4) is 0 Å². The van der Waals surface area contributed by atoms with Crippen LogP contribution in [0.15, 0.2) is 24.3 Å². The number of hydrogen-bond donors (Lipinski definition) is 1. The lowest BCUT2D eigenvalue weighted by atomic mass is 9.82. The van der Waals surface area contributed by atoms with Crippen molar-refractivity contribution in [3.8, 4) is 5.75 Å². The molecule has 1 fully saturated rings. The van der Waals surface area contributed by atoms with Crippen molar-refractivity contribution in [3.63, 3.8) is 0 Å². The molecule has 1 aliphatic heterocycles. The van der Waals surface area contributed by atoms with Crippen LogP contribution in [-0.4, -0.2) is 30.1 Å². The van der Waals surface area contributed by atoms with E-state index in [0.717, 1.165) is 5.92 Å². The Labute approximate surface area is 97.9 Å². The Morgan fingerprint density at radius 3 is 2.94 bits per heavy atom. The van der Waals surface area contributed by atoms with Gasteiger partial charge in [-0.25, -0.2) is 0 Å². The minimum atomic E-state index is 0.383. The first-order valence-electron chi connectivity index (χ1n) is 6.14. The second-order valence-corrected chi connectivity index (χ2v) is 5.05. The van der Waals surface area contributed by atoms with Gasteiger partial charge in [0, 0.05) is 6.54 Å². The lowest BCUT2D eigenvalue weighted by molar-refractivity contribution is 0.191. The van der Waals surface area contributed by atoms with Crippen LogP contribution in [0.1, 0.15) is 31.2 Å². The largest absolute Gasteiger partial charge is 0.508 e. The van der Waals surface area contributed by atoms with E-state index in [1.807, 2.05) is 12.1 Å². The number of benzene rings is 1. The van der Waals surface area contributed by atoms with Crippen LogP contribution in [0, 0.1) is 5.92 Å². The Balaban J connectivity index is 2.09. The Hall–Kier alpha value is -1.02. The molecule has 88 valence electrons. The number of nitrogens with zero attached hydrogens (tertiary/aromatic N) is 1. The fourth-order valence-electron chi connectivity index (χ4n) is 2.69. The van der Waals surface area contributed by atoms with Gasteiger partial charge in [0.1, 0.15) is 5.75 Å². The highest BCUT2D eigenvalue weighted by Gasteiger charge is 2.23. The van der Waals surface area contributed by atoms with Gasteiger partial charge in [0.05, 0.1) is 0 Å². The van der Waals surface area contributed by atoms with Gasteiger partial charge in [-0.15, -0.1) is 0 Å². The van der Waals surface area contributed by atoms with Gasteiger partial charge in [0.2, 0.25) is 0 Å². The summed E-state index contributed by atoms with van der Waals surface area (Å²) < 4.78 is 0. The van der Waals surface area contributed by atoms with E-state index in [0.29, 0.717) is 11.7 Å². The van der Waals surface area contributed by atoms with E-state index in [2.05, 4.69) is 24.9 Å². The average Bonchev–Trinajstić information content (AvgIpc) is 2.28. The quantitative estimate of drug-likeness (QED) is 0.826. The molecule has 16 heavy (non-hydrogen) atoms. The summed E-state index contributed by atoms with van der Waals surface area (Å²) in [5.74, 6) is 1.64. The Bertz CT molecular complexity index is 350. The molecule has 1 N–H and O–H groups in total. The zero-order chi connectivity index (χ0) is 11.5. The smallest absolute Gasteiger partial charge is 0.115 e. The van der Waals surface area contributed by atoms with Gasteiger partial charge in [-0.3, -0.25) is 0 Å². The van der Waals surface area contributed by atoms with Gasteiger partial charge >= 0.3 is 0 Å². The molecule has 1 saturated heterocycles. The number of rotatable bonds is 2. The molecule has 1 aromatic carbocycles. The molecule has 0 spiro atoms. The van der Waals surface area contributed by atoms with Crippen molar-refractivity contribution in [2.75, 3.05) is 20.1 Å². The normalized spacial score (nSPS) is 24.2. The molecule has 0 aliphatic carbocycles. The zero-order valence-corrected chi connectivity index (χ0v) is 10.2. The topological polar surface area (TPSA) is 23.5 Å². The maximum Gasteiger partial charge on any atom is 0.115 e. The second kappa shape index (κ2) is 4.88. The number of phenolic OH excluding ortho intramolecular Hbond substituents is 1. The molecule has 1 aliphatic rings. The second-order valence-electron chi connectivity index (χ2n) is 5.05. The van der Waals surface area contributed by atoms with Crippen molar-refractivity contribution in [3.05, 3.63) is 29.8 Å². The summed E-state index contributed by atoms with van der Waals surface area (Å²) in [5.41, 5.74) is 1.26. The molecule has 2 nitrogen and oxygen atoms in total. The molecule has 2 atom stereocenters. The van der Waals surface area contributed by atoms with Crippen LogP contribution in [0.4, 0.5) is 0 Å². The van der Waals surface area contributed by atoms with Gasteiger partial charge in [0.25, 0.3) is 0 Å². The van der Waals surface area contributed by atoms with E-state index in [1.165, 1.54) is 31.5 Å². The molecule has 0 saturated carbocycles. The Morgan fingerprint density at radius 1 is 1.44 bits per heavy atom. The van der Waals surface area contributed by atoms with Crippen molar-refractivity contribution in [2.24, 2.45) is 5.92 Å². The number of hydrogen-bond acceptors (Lipinski definition) is 2. The maximum absolute atomic E-state index is 9.50. The first kappa shape index (κ1) is 11.5. The fraction of sp³-hybridized carbons (Fsp3) is 0.571. The van der Waals surface area contributed by atoms with E-state index >= 15 is 0 Å². The Morgan fingerprint density at radius 2 is 2.25 bits per heavy atom. The molecule has 0 amide bonds. The van der Waals surface area contributed by atoms with Crippen LogP contribution in [-0.2, 0) is 0 Å². The number of likely N-dealkylation sites (tertiary alicyclic amines) is 1. The van der Waals surface area contributed by atoms with Crippen LogP contribution >= 0.6 is 0 Å². The number of phenols is 1. The zero-order valence-electron chi connectivity index (χ0n) is 10.2. The highest BCUT2D eigenvalue weighted by atomic mass is 16.3. The summed E-state index contributed by atoms with van der Waals surface area (Å²) in [6.07, 6.45) is 2.60. The van der Waals surface area contributed by atoms with E-state index in [-0.39, 0.29) is 0 Å². The summed E-state index contributed by atoms with van der Waals surface area (Å²) in [6.45, 7) is 4.68. The predicted molar refractivity (Wildman–Crippen MR) is 66.7 cm³/mol. The molecule has 2 rings (SSSR count). The molecule has 0 aromatic heterocycles. The lowest BCUT2D eigenvalue weighted by Crippen LogP contribution is -2.34. The van der Waals surface area contributed by atoms with E-state index in [1.54, 1.807) is 6.07 Å². The monoisotopic (exact) mass is 219 g/mol. The van der Waals surface area contributed by atoms with Gasteiger partial charge < -0.3 is 10.0 Å². The number of piperidine rings is 1. The maximum atomic E-state index is 9.50. The van der Waals surface area contributed by atoms with Crippen molar-refractivity contribution in [1.29, 1.82) is 0 Å². The lowest BCUT2D eigenvalue weighted by Gasteiger charge is -2.33. The molecule has 1 aromatic rings. The fourth-order valence-corrected chi connectivity index (χ4v) is 2.69. The van der Waals surface area contributed by atoms with Gasteiger partial charge in [0.15, 0.2) is 0 Å². The minimum Gasteiger partial charge on any atom is -0.508 e.